The summed E-state index contributed by atoms with van der Waals surface area (Å²) in [5, 5.41) is 3.01. The Morgan fingerprint density at radius 2 is 2.24 bits per heavy atom. The van der Waals surface area contributed by atoms with Crippen molar-refractivity contribution >= 4 is 5.91 Å². The molecule has 1 aliphatic carbocycles. The molecule has 3 N–H and O–H groups in total. The van der Waals surface area contributed by atoms with Gasteiger partial charge in [0.05, 0.1) is 6.10 Å². The Bertz CT molecular complexity index is 264. The third-order valence-corrected chi connectivity index (χ3v) is 4.16. The number of carbonyl (C=O) groups excluding carboxylic acids is 1. The van der Waals surface area contributed by atoms with Crippen LogP contribution in [0.4, 0.5) is 0 Å². The maximum Gasteiger partial charge on any atom is 0.223 e. The van der Waals surface area contributed by atoms with Gasteiger partial charge in [0.15, 0.2) is 0 Å². The molecule has 1 saturated heterocycles. The van der Waals surface area contributed by atoms with Crippen LogP contribution in [0.1, 0.15) is 39.0 Å². The second kappa shape index (κ2) is 5.83. The van der Waals surface area contributed by atoms with Gasteiger partial charge >= 0.3 is 0 Å². The van der Waals surface area contributed by atoms with Crippen LogP contribution in [-0.4, -0.2) is 31.2 Å². The Labute approximate surface area is 103 Å². The van der Waals surface area contributed by atoms with Gasteiger partial charge in [-0.3, -0.25) is 4.79 Å². The van der Waals surface area contributed by atoms with Gasteiger partial charge in [-0.25, -0.2) is 0 Å². The summed E-state index contributed by atoms with van der Waals surface area (Å²) in [5.74, 6) is 0.836. The van der Waals surface area contributed by atoms with Crippen LogP contribution in [0.3, 0.4) is 0 Å². The molecule has 4 atom stereocenters. The van der Waals surface area contributed by atoms with Crippen LogP contribution in [0, 0.1) is 11.8 Å². The Kier molecular flexibility index (Phi) is 4.40. The first kappa shape index (κ1) is 12.8. The fourth-order valence-electron chi connectivity index (χ4n) is 2.76. The number of nitrogens with one attached hydrogen (secondary N) is 1. The predicted octanol–water partition coefficient (Wildman–Crippen LogP) is 1.05. The van der Waals surface area contributed by atoms with E-state index in [4.69, 9.17) is 10.5 Å². The van der Waals surface area contributed by atoms with Gasteiger partial charge in [0.2, 0.25) is 5.91 Å². The average molecular weight is 240 g/mol. The van der Waals surface area contributed by atoms with Crippen LogP contribution in [0.15, 0.2) is 0 Å². The number of nitrogens with two attached hydrogens (primary N) is 1. The molecule has 4 unspecified atom stereocenters. The summed E-state index contributed by atoms with van der Waals surface area (Å²) in [4.78, 5) is 12.0. The van der Waals surface area contributed by atoms with Crippen molar-refractivity contribution in [2.45, 2.75) is 51.2 Å². The van der Waals surface area contributed by atoms with E-state index >= 15 is 0 Å². The SMILES string of the molecule is CC1CCC(C(=O)NCC2CCCO2)CC1N. The molecule has 0 aromatic rings. The van der Waals surface area contributed by atoms with Crippen LogP contribution in [0.5, 0.6) is 0 Å². The van der Waals surface area contributed by atoms with E-state index in [1.165, 1.54) is 0 Å². The lowest BCUT2D eigenvalue weighted by Crippen LogP contribution is -2.43. The number of hydrogen-bond donors (Lipinski definition) is 2. The minimum Gasteiger partial charge on any atom is -0.376 e. The van der Waals surface area contributed by atoms with Crippen LogP contribution < -0.4 is 11.1 Å². The number of carbonyl (C=O) groups is 1. The van der Waals surface area contributed by atoms with Crippen molar-refractivity contribution in [1.29, 1.82) is 0 Å². The molecule has 1 aliphatic heterocycles. The Hall–Kier alpha value is -0.610. The Morgan fingerprint density at radius 1 is 1.41 bits per heavy atom. The van der Waals surface area contributed by atoms with Crippen molar-refractivity contribution in [2.24, 2.45) is 17.6 Å². The zero-order valence-corrected chi connectivity index (χ0v) is 10.7. The third-order valence-electron chi connectivity index (χ3n) is 4.16. The highest BCUT2D eigenvalue weighted by molar-refractivity contribution is 5.78. The first-order valence-corrected chi connectivity index (χ1v) is 6.81. The highest BCUT2D eigenvalue weighted by Gasteiger charge is 2.29. The van der Waals surface area contributed by atoms with Gasteiger partial charge in [-0.2, -0.15) is 0 Å². The molecule has 0 aromatic carbocycles. The molecule has 4 heteroatoms. The summed E-state index contributed by atoms with van der Waals surface area (Å²) < 4.78 is 5.49. The molecular formula is C13H24N2O2. The second-order valence-electron chi connectivity index (χ2n) is 5.53. The highest BCUT2D eigenvalue weighted by Crippen LogP contribution is 2.27. The smallest absolute Gasteiger partial charge is 0.223 e. The molecule has 0 bridgehead atoms. The van der Waals surface area contributed by atoms with Crippen LogP contribution >= 0.6 is 0 Å². The van der Waals surface area contributed by atoms with Gasteiger partial charge in [0, 0.05) is 25.1 Å². The maximum absolute atomic E-state index is 12.0. The molecule has 98 valence electrons. The summed E-state index contributed by atoms with van der Waals surface area (Å²) in [6.07, 6.45) is 5.30. The van der Waals surface area contributed by atoms with Crippen molar-refractivity contribution in [3.05, 3.63) is 0 Å². The standard InChI is InChI=1S/C13H24N2O2/c1-9-4-5-10(7-12(9)14)13(16)15-8-11-3-2-6-17-11/h9-12H,2-8,14H2,1H3,(H,15,16). The van der Waals surface area contributed by atoms with Crippen molar-refractivity contribution in [1.82, 2.24) is 5.32 Å². The minimum absolute atomic E-state index is 0.114. The Morgan fingerprint density at radius 3 is 2.88 bits per heavy atom. The van der Waals surface area contributed by atoms with Gasteiger partial charge < -0.3 is 15.8 Å². The van der Waals surface area contributed by atoms with E-state index in [-0.39, 0.29) is 24.0 Å². The molecule has 0 radical (unpaired) electrons. The molecule has 2 rings (SSSR count). The average Bonchev–Trinajstić information content (AvgIpc) is 2.82. The molecule has 17 heavy (non-hydrogen) atoms. The van der Waals surface area contributed by atoms with E-state index in [1.54, 1.807) is 0 Å². The van der Waals surface area contributed by atoms with E-state index < -0.39 is 0 Å². The van der Waals surface area contributed by atoms with E-state index in [9.17, 15) is 4.79 Å². The van der Waals surface area contributed by atoms with Crippen molar-refractivity contribution in [2.75, 3.05) is 13.2 Å². The molecular weight excluding hydrogens is 216 g/mol. The molecule has 4 nitrogen and oxygen atoms in total. The van der Waals surface area contributed by atoms with Crippen molar-refractivity contribution in [3.63, 3.8) is 0 Å². The molecule has 2 aliphatic rings. The van der Waals surface area contributed by atoms with Gasteiger partial charge in [0.1, 0.15) is 0 Å². The first-order chi connectivity index (χ1) is 8.16. The lowest BCUT2D eigenvalue weighted by atomic mass is 9.79. The zero-order chi connectivity index (χ0) is 12.3. The fourth-order valence-corrected chi connectivity index (χ4v) is 2.76. The predicted molar refractivity (Wildman–Crippen MR) is 66.5 cm³/mol. The van der Waals surface area contributed by atoms with E-state index in [1.807, 2.05) is 0 Å². The lowest BCUT2D eigenvalue weighted by molar-refractivity contribution is -0.126. The van der Waals surface area contributed by atoms with Crippen LogP contribution in [0.2, 0.25) is 0 Å². The number of rotatable bonds is 3. The van der Waals surface area contributed by atoms with E-state index in [0.29, 0.717) is 12.5 Å². The van der Waals surface area contributed by atoms with E-state index in [2.05, 4.69) is 12.2 Å². The molecule has 1 amide bonds. The van der Waals surface area contributed by atoms with Crippen LogP contribution in [0.25, 0.3) is 0 Å². The summed E-state index contributed by atoms with van der Waals surface area (Å²) in [6, 6.07) is 0.183. The number of ether oxygens (including phenoxy) is 1. The van der Waals surface area contributed by atoms with Gasteiger partial charge in [-0.05, 0) is 38.0 Å². The Balaban J connectivity index is 1.72. The van der Waals surface area contributed by atoms with E-state index in [0.717, 1.165) is 38.7 Å². The molecule has 0 spiro atoms. The van der Waals surface area contributed by atoms with Crippen molar-refractivity contribution in [3.8, 4) is 0 Å². The zero-order valence-electron chi connectivity index (χ0n) is 10.7. The summed E-state index contributed by atoms with van der Waals surface area (Å²) in [5.41, 5.74) is 6.02. The third kappa shape index (κ3) is 3.42. The maximum atomic E-state index is 12.0. The minimum atomic E-state index is 0.114. The number of amides is 1. The highest BCUT2D eigenvalue weighted by atomic mass is 16.5. The summed E-state index contributed by atoms with van der Waals surface area (Å²) >= 11 is 0. The largest absolute Gasteiger partial charge is 0.376 e. The monoisotopic (exact) mass is 240 g/mol. The van der Waals surface area contributed by atoms with Gasteiger partial charge in [0.25, 0.3) is 0 Å². The fraction of sp³-hybridized carbons (Fsp3) is 0.923. The van der Waals surface area contributed by atoms with Gasteiger partial charge in [-0.15, -0.1) is 0 Å². The lowest BCUT2D eigenvalue weighted by Gasteiger charge is -2.31. The van der Waals surface area contributed by atoms with Gasteiger partial charge in [-0.1, -0.05) is 6.92 Å². The molecule has 1 heterocycles. The molecule has 0 aromatic heterocycles. The quantitative estimate of drug-likeness (QED) is 0.775. The normalized spacial score (nSPS) is 38.0. The second-order valence-corrected chi connectivity index (χ2v) is 5.53. The molecule has 1 saturated carbocycles. The topological polar surface area (TPSA) is 64.3 Å². The van der Waals surface area contributed by atoms with Crippen LogP contribution in [-0.2, 0) is 9.53 Å². The number of hydrogen-bond acceptors (Lipinski definition) is 3. The van der Waals surface area contributed by atoms with Crippen molar-refractivity contribution < 1.29 is 9.53 Å². The summed E-state index contributed by atoms with van der Waals surface area (Å²) in [6.45, 7) is 3.68. The molecule has 2 fully saturated rings. The summed E-state index contributed by atoms with van der Waals surface area (Å²) in [7, 11) is 0. The first-order valence-electron chi connectivity index (χ1n) is 6.81.